The van der Waals surface area contributed by atoms with Gasteiger partial charge < -0.3 is 5.11 Å². The fraction of sp³-hybridized carbons (Fsp3) is 0.867. The number of ketones is 1. The van der Waals surface area contributed by atoms with E-state index < -0.39 is 6.10 Å². The van der Waals surface area contributed by atoms with Crippen LogP contribution in [0.25, 0.3) is 0 Å². The number of aliphatic hydroxyl groups excluding tert-OH is 1. The van der Waals surface area contributed by atoms with Crippen molar-refractivity contribution in [2.75, 3.05) is 0 Å². The molecule has 0 aliphatic rings. The highest BCUT2D eigenvalue weighted by Gasteiger charge is 2.10. The summed E-state index contributed by atoms with van der Waals surface area (Å²) in [6.07, 6.45) is 11.4. The van der Waals surface area contributed by atoms with Crippen LogP contribution in [0.4, 0.5) is 0 Å². The van der Waals surface area contributed by atoms with Crippen LogP contribution in [0.15, 0.2) is 0 Å². The van der Waals surface area contributed by atoms with Crippen molar-refractivity contribution in [2.24, 2.45) is 0 Å². The number of carbonyl (C=O) groups excluding carboxylic acids is 1. The van der Waals surface area contributed by atoms with Crippen LogP contribution in [0.2, 0.25) is 0 Å². The van der Waals surface area contributed by atoms with Gasteiger partial charge >= 0.3 is 0 Å². The molecule has 17 heavy (non-hydrogen) atoms. The van der Waals surface area contributed by atoms with Gasteiger partial charge in [0.1, 0.15) is 5.78 Å². The molecule has 0 fully saturated rings. The van der Waals surface area contributed by atoms with E-state index in [0.717, 1.165) is 32.1 Å². The smallest absolute Gasteiger partial charge is 0.139 e. The third-order valence-electron chi connectivity index (χ3n) is 3.01. The summed E-state index contributed by atoms with van der Waals surface area (Å²) in [5.74, 6) is 0.111. The molecule has 0 bridgehead atoms. The summed E-state index contributed by atoms with van der Waals surface area (Å²) in [6, 6.07) is 0. The summed E-state index contributed by atoms with van der Waals surface area (Å²) in [7, 11) is 0. The average molecular weight is 241 g/mol. The Labute approximate surface area is 107 Å². The van der Waals surface area contributed by atoms with E-state index in [1.807, 2.05) is 0 Å². The van der Waals surface area contributed by atoms with Crippen LogP contribution in [0, 0.1) is 6.42 Å². The van der Waals surface area contributed by atoms with Crippen LogP contribution >= 0.6 is 0 Å². The molecule has 0 heterocycles. The molecule has 0 saturated heterocycles. The molecular formula is C15H29O2. The zero-order valence-electron chi connectivity index (χ0n) is 11.6. The minimum Gasteiger partial charge on any atom is -0.393 e. The Bertz CT molecular complexity index is 178. The maximum absolute atomic E-state index is 11.4. The molecule has 1 unspecified atom stereocenters. The maximum Gasteiger partial charge on any atom is 0.139 e. The largest absolute Gasteiger partial charge is 0.393 e. The fourth-order valence-corrected chi connectivity index (χ4v) is 1.87. The van der Waals surface area contributed by atoms with E-state index in [0.29, 0.717) is 6.42 Å². The quantitative estimate of drug-likeness (QED) is 0.523. The lowest BCUT2D eigenvalue weighted by molar-refractivity contribution is -0.118. The molecule has 1 radical (unpaired) electrons. The molecular weight excluding hydrogens is 212 g/mol. The molecule has 0 saturated carbocycles. The fourth-order valence-electron chi connectivity index (χ4n) is 1.87. The number of hydrogen-bond donors (Lipinski definition) is 1. The Morgan fingerprint density at radius 3 is 2.35 bits per heavy atom. The molecule has 2 heteroatoms. The lowest BCUT2D eigenvalue weighted by atomic mass is 10.0. The number of rotatable bonds is 12. The summed E-state index contributed by atoms with van der Waals surface area (Å²) < 4.78 is 0. The first-order valence-corrected chi connectivity index (χ1v) is 7.24. The molecule has 0 aromatic carbocycles. The van der Waals surface area contributed by atoms with Crippen molar-refractivity contribution in [3.8, 4) is 0 Å². The van der Waals surface area contributed by atoms with Crippen molar-refractivity contribution in [2.45, 2.75) is 84.2 Å². The molecule has 0 amide bonds. The summed E-state index contributed by atoms with van der Waals surface area (Å²) in [4.78, 5) is 11.4. The SMILES string of the molecule is CCCC[CH]C(=O)CC(O)CCCCCCC. The lowest BCUT2D eigenvalue weighted by Gasteiger charge is -2.09. The lowest BCUT2D eigenvalue weighted by Crippen LogP contribution is -2.13. The Morgan fingerprint density at radius 1 is 1.06 bits per heavy atom. The molecule has 1 N–H and O–H groups in total. The number of aliphatic hydroxyl groups is 1. The van der Waals surface area contributed by atoms with Crippen molar-refractivity contribution in [1.29, 1.82) is 0 Å². The number of carbonyl (C=O) groups is 1. The van der Waals surface area contributed by atoms with Gasteiger partial charge in [-0.15, -0.1) is 0 Å². The molecule has 0 aliphatic heterocycles. The topological polar surface area (TPSA) is 37.3 Å². The zero-order chi connectivity index (χ0) is 12.9. The summed E-state index contributed by atoms with van der Waals surface area (Å²) in [5, 5.41) is 9.69. The average Bonchev–Trinajstić information content (AvgIpc) is 2.29. The highest BCUT2D eigenvalue weighted by atomic mass is 16.3. The summed E-state index contributed by atoms with van der Waals surface area (Å²) in [6.45, 7) is 4.31. The second-order valence-electron chi connectivity index (χ2n) is 4.87. The number of unbranched alkanes of at least 4 members (excludes halogenated alkanes) is 6. The minimum atomic E-state index is -0.429. The normalized spacial score (nSPS) is 12.6. The van der Waals surface area contributed by atoms with Gasteiger partial charge in [0.25, 0.3) is 0 Å². The molecule has 0 aliphatic carbocycles. The molecule has 0 rings (SSSR count). The van der Waals surface area contributed by atoms with Gasteiger partial charge in [-0.05, 0) is 12.8 Å². The number of hydrogen-bond acceptors (Lipinski definition) is 2. The molecule has 0 aromatic heterocycles. The second-order valence-corrected chi connectivity index (χ2v) is 4.87. The van der Waals surface area contributed by atoms with E-state index in [1.165, 1.54) is 25.7 Å². The van der Waals surface area contributed by atoms with E-state index in [1.54, 1.807) is 6.42 Å². The van der Waals surface area contributed by atoms with Gasteiger partial charge in [0.15, 0.2) is 0 Å². The van der Waals surface area contributed by atoms with Gasteiger partial charge in [0.05, 0.1) is 6.10 Å². The van der Waals surface area contributed by atoms with Crippen LogP contribution in [0.5, 0.6) is 0 Å². The predicted molar refractivity (Wildman–Crippen MR) is 72.8 cm³/mol. The zero-order valence-corrected chi connectivity index (χ0v) is 11.6. The molecule has 1 atom stereocenters. The first-order chi connectivity index (χ1) is 8.20. The minimum absolute atomic E-state index is 0.111. The van der Waals surface area contributed by atoms with Crippen LogP contribution in [0.1, 0.15) is 78.1 Å². The van der Waals surface area contributed by atoms with Crippen molar-refractivity contribution in [3.05, 3.63) is 6.42 Å². The standard InChI is InChI=1S/C15H29O2/c1-3-5-7-8-10-12-15(17)13-14(16)11-9-6-4-2/h11,15,17H,3-10,12-13H2,1-2H3. The van der Waals surface area contributed by atoms with E-state index in [-0.39, 0.29) is 5.78 Å². The van der Waals surface area contributed by atoms with Crippen molar-refractivity contribution >= 4 is 5.78 Å². The van der Waals surface area contributed by atoms with Gasteiger partial charge in [0.2, 0.25) is 0 Å². The van der Waals surface area contributed by atoms with Gasteiger partial charge in [-0.3, -0.25) is 4.79 Å². The summed E-state index contributed by atoms with van der Waals surface area (Å²) in [5.41, 5.74) is 0. The van der Waals surface area contributed by atoms with Gasteiger partial charge in [-0.25, -0.2) is 0 Å². The van der Waals surface area contributed by atoms with Crippen LogP contribution in [-0.2, 0) is 4.79 Å². The van der Waals surface area contributed by atoms with Crippen molar-refractivity contribution in [1.82, 2.24) is 0 Å². The van der Waals surface area contributed by atoms with Crippen LogP contribution in [-0.4, -0.2) is 17.0 Å². The van der Waals surface area contributed by atoms with E-state index in [4.69, 9.17) is 0 Å². The highest BCUT2D eigenvalue weighted by Crippen LogP contribution is 2.11. The Morgan fingerprint density at radius 2 is 1.71 bits per heavy atom. The first-order valence-electron chi connectivity index (χ1n) is 7.24. The predicted octanol–water partition coefficient (Wildman–Crippen LogP) is 4.06. The Balaban J connectivity index is 3.37. The monoisotopic (exact) mass is 241 g/mol. The maximum atomic E-state index is 11.4. The first kappa shape index (κ1) is 16.6. The molecule has 0 aromatic rings. The van der Waals surface area contributed by atoms with E-state index in [2.05, 4.69) is 13.8 Å². The van der Waals surface area contributed by atoms with E-state index >= 15 is 0 Å². The van der Waals surface area contributed by atoms with Gasteiger partial charge in [0, 0.05) is 12.8 Å². The van der Waals surface area contributed by atoms with Crippen molar-refractivity contribution in [3.63, 3.8) is 0 Å². The molecule has 2 nitrogen and oxygen atoms in total. The van der Waals surface area contributed by atoms with Gasteiger partial charge in [-0.1, -0.05) is 58.8 Å². The molecule has 101 valence electrons. The van der Waals surface area contributed by atoms with Crippen LogP contribution in [0.3, 0.4) is 0 Å². The van der Waals surface area contributed by atoms with Gasteiger partial charge in [-0.2, -0.15) is 0 Å². The number of Topliss-reactive ketones (excluding diaryl/α,β-unsaturated/α-hetero) is 1. The molecule has 0 spiro atoms. The highest BCUT2D eigenvalue weighted by molar-refractivity contribution is 5.87. The van der Waals surface area contributed by atoms with Crippen molar-refractivity contribution < 1.29 is 9.90 Å². The Kier molecular flexibility index (Phi) is 11.8. The third kappa shape index (κ3) is 11.9. The second kappa shape index (κ2) is 12.1. The third-order valence-corrected chi connectivity index (χ3v) is 3.01. The van der Waals surface area contributed by atoms with E-state index in [9.17, 15) is 9.90 Å². The van der Waals surface area contributed by atoms with Crippen LogP contribution < -0.4 is 0 Å². The Hall–Kier alpha value is -0.370. The summed E-state index contributed by atoms with van der Waals surface area (Å²) >= 11 is 0.